The first-order valence-corrected chi connectivity index (χ1v) is 17.0. The molecule has 3 atom stereocenters. The van der Waals surface area contributed by atoms with Gasteiger partial charge in [-0.15, -0.1) is 0 Å². The number of benzene rings is 3. The highest BCUT2D eigenvalue weighted by Crippen LogP contribution is 2.38. The molecule has 3 aromatic rings. The van der Waals surface area contributed by atoms with Crippen LogP contribution in [-0.4, -0.2) is 83.0 Å². The Morgan fingerprint density at radius 3 is 2.25 bits per heavy atom. The summed E-state index contributed by atoms with van der Waals surface area (Å²) < 4.78 is 16.9. The monoisotopic (exact) mass is 731 g/mol. The van der Waals surface area contributed by atoms with Crippen LogP contribution in [0.5, 0.6) is 23.0 Å². The number of carboxylic acids is 2. The quantitative estimate of drug-likeness (QED) is 0.0688. The number of rotatable bonds is 16. The fraction of sp³-hybridized carbons (Fsp3) is 0.333. The van der Waals surface area contributed by atoms with E-state index in [0.29, 0.717) is 72.3 Å². The van der Waals surface area contributed by atoms with Crippen molar-refractivity contribution in [2.24, 2.45) is 16.9 Å². The molecule has 0 aromatic heterocycles. The molecule has 3 aromatic carbocycles. The molecule has 53 heavy (non-hydrogen) atoms. The van der Waals surface area contributed by atoms with Crippen LogP contribution in [0.15, 0.2) is 90.1 Å². The fourth-order valence-electron chi connectivity index (χ4n) is 5.89. The van der Waals surface area contributed by atoms with Gasteiger partial charge in [-0.2, -0.15) is 5.10 Å². The number of carboxylic acid groups (broad SMARTS) is 2. The number of phenols is 1. The summed E-state index contributed by atoms with van der Waals surface area (Å²) in [7, 11) is 3.21. The number of anilines is 1. The lowest BCUT2D eigenvalue weighted by atomic mass is 9.76. The number of methoxy groups -OCH3 is 2. The summed E-state index contributed by atoms with van der Waals surface area (Å²) >= 11 is 0. The zero-order chi connectivity index (χ0) is 38.3. The maximum absolute atomic E-state index is 13.6. The van der Waals surface area contributed by atoms with Crippen LogP contribution in [0.4, 0.5) is 5.69 Å². The van der Waals surface area contributed by atoms with E-state index in [-0.39, 0.29) is 30.1 Å². The van der Waals surface area contributed by atoms with Crippen molar-refractivity contribution in [1.29, 1.82) is 0 Å². The Balaban J connectivity index is 0.000000703. The number of nitrogens with one attached hydrogen (secondary N) is 1. The third-order valence-corrected chi connectivity index (χ3v) is 8.66. The van der Waals surface area contributed by atoms with E-state index in [2.05, 4.69) is 17.5 Å². The predicted molar refractivity (Wildman–Crippen MR) is 196 cm³/mol. The number of carbonyl (C=O) groups excluding carboxylic acids is 1. The van der Waals surface area contributed by atoms with Gasteiger partial charge in [-0.3, -0.25) is 4.79 Å². The van der Waals surface area contributed by atoms with E-state index in [4.69, 9.17) is 29.5 Å². The molecule has 0 saturated heterocycles. The van der Waals surface area contributed by atoms with Crippen LogP contribution in [0.1, 0.15) is 48.5 Å². The molecule has 0 spiro atoms. The number of aliphatic hydroxyl groups is 2. The van der Waals surface area contributed by atoms with Gasteiger partial charge in [0.25, 0.3) is 5.91 Å². The number of aliphatic carboxylic acids is 2. The number of aliphatic hydroxyl groups excluding tert-OH is 2. The minimum absolute atomic E-state index is 0.0101. The van der Waals surface area contributed by atoms with Gasteiger partial charge in [-0.25, -0.2) is 14.6 Å². The van der Waals surface area contributed by atoms with Crippen molar-refractivity contribution in [1.82, 2.24) is 5.32 Å². The molecule has 14 heteroatoms. The smallest absolute Gasteiger partial charge is 0.328 e. The second kappa shape index (κ2) is 19.8. The van der Waals surface area contributed by atoms with E-state index in [9.17, 15) is 29.7 Å². The fourth-order valence-corrected chi connectivity index (χ4v) is 5.89. The first-order valence-electron chi connectivity index (χ1n) is 17.0. The Morgan fingerprint density at radius 1 is 0.925 bits per heavy atom. The second-order valence-electron chi connectivity index (χ2n) is 12.2. The van der Waals surface area contributed by atoms with Gasteiger partial charge in [-0.1, -0.05) is 18.2 Å². The molecule has 0 bridgehead atoms. The highest BCUT2D eigenvalue weighted by molar-refractivity contribution is 6.11. The van der Waals surface area contributed by atoms with Gasteiger partial charge >= 0.3 is 11.9 Å². The third-order valence-electron chi connectivity index (χ3n) is 8.66. The zero-order valence-electron chi connectivity index (χ0n) is 29.6. The number of ether oxygens (including phenoxy) is 3. The lowest BCUT2D eigenvalue weighted by Crippen LogP contribution is -2.45. The van der Waals surface area contributed by atoms with Gasteiger partial charge in [-0.05, 0) is 92.4 Å². The topological polar surface area (TPSA) is 208 Å². The van der Waals surface area contributed by atoms with Crippen LogP contribution in [-0.2, 0) is 21.0 Å². The van der Waals surface area contributed by atoms with Crippen LogP contribution < -0.4 is 24.5 Å². The number of allylic oxidation sites excluding steroid dienone is 2. The second-order valence-corrected chi connectivity index (χ2v) is 12.2. The summed E-state index contributed by atoms with van der Waals surface area (Å²) in [6.07, 6.45) is 7.67. The van der Waals surface area contributed by atoms with Crippen LogP contribution >= 0.6 is 0 Å². The summed E-state index contributed by atoms with van der Waals surface area (Å²) in [6.45, 7) is 1.31. The number of amides is 1. The minimum atomic E-state index is -1.26. The Kier molecular flexibility index (Phi) is 15.0. The molecule has 1 amide bonds. The van der Waals surface area contributed by atoms with E-state index in [1.807, 2.05) is 42.5 Å². The summed E-state index contributed by atoms with van der Waals surface area (Å²) in [6, 6.07) is 17.9. The Morgan fingerprint density at radius 2 is 1.60 bits per heavy atom. The lowest BCUT2D eigenvalue weighted by Gasteiger charge is -2.37. The number of nitrogens with zero attached hydrogens (tertiary/aromatic N) is 2. The molecule has 282 valence electrons. The standard InChI is InChI=1S/C35H41N3O7.C4H4O4/c1-43-32-16-10-24(20-33(32)44-2)34-28-7-3-4-8-29(28)35(42)38(37-34)26-11-13-27(14-12-26)45-18-6-5-17-36-21-31(41)23-9-15-30(40)25(19-23)22-39;5-3(6)1-2-4(7)8/h3-4,9-16,19-20,28-29,31,36,39-41H,5-8,17-18,21-22H2,1-2H3;1-2H,(H,5,6)(H,7,8)/b;2-1+/t28-,29+,31?;/m0./s1. The SMILES string of the molecule is COc1ccc(C2=NN(c3ccc(OCCCCNCC(O)c4ccc(O)c(CO)c4)cc3)C(=O)[C@@H]3CC=CC[C@H]23)cc1OC.O=C(O)/C=C/C(=O)O. The van der Waals surface area contributed by atoms with Crippen molar-refractivity contribution in [2.45, 2.75) is 38.4 Å². The van der Waals surface area contributed by atoms with E-state index in [1.54, 1.807) is 26.4 Å². The van der Waals surface area contributed by atoms with Gasteiger partial charge in [0.05, 0.1) is 50.9 Å². The number of aromatic hydroxyl groups is 1. The van der Waals surface area contributed by atoms with Crippen molar-refractivity contribution in [3.05, 3.63) is 102 Å². The number of fused-ring (bicyclic) bond motifs is 1. The molecule has 1 unspecified atom stereocenters. The normalized spacial score (nSPS) is 16.9. The van der Waals surface area contributed by atoms with E-state index in [1.165, 1.54) is 11.1 Å². The molecule has 6 N–H and O–H groups in total. The maximum Gasteiger partial charge on any atom is 0.328 e. The van der Waals surface area contributed by atoms with Gasteiger partial charge in [0.2, 0.25) is 0 Å². The lowest BCUT2D eigenvalue weighted by molar-refractivity contribution is -0.134. The highest BCUT2D eigenvalue weighted by Gasteiger charge is 2.40. The van der Waals surface area contributed by atoms with Crippen molar-refractivity contribution >= 4 is 29.2 Å². The van der Waals surface area contributed by atoms with E-state index >= 15 is 0 Å². The molecule has 2 aliphatic rings. The van der Waals surface area contributed by atoms with Crippen LogP contribution in [0.25, 0.3) is 0 Å². The van der Waals surface area contributed by atoms with Crippen molar-refractivity contribution in [3.63, 3.8) is 0 Å². The van der Waals surface area contributed by atoms with E-state index in [0.717, 1.165) is 30.5 Å². The average molecular weight is 732 g/mol. The van der Waals surface area contributed by atoms with Gasteiger partial charge in [0.15, 0.2) is 11.5 Å². The average Bonchev–Trinajstić information content (AvgIpc) is 3.17. The molecule has 1 aliphatic heterocycles. The predicted octanol–water partition coefficient (Wildman–Crippen LogP) is 4.43. The maximum atomic E-state index is 13.6. The van der Waals surface area contributed by atoms with Crippen molar-refractivity contribution in [2.75, 3.05) is 38.9 Å². The summed E-state index contributed by atoms with van der Waals surface area (Å²) in [4.78, 5) is 32.7. The third kappa shape index (κ3) is 11.1. The van der Waals surface area contributed by atoms with Gasteiger partial charge < -0.3 is 45.1 Å². The van der Waals surface area contributed by atoms with Crippen LogP contribution in [0.2, 0.25) is 0 Å². The Labute approximate surface area is 307 Å². The molecule has 1 aliphatic carbocycles. The summed E-state index contributed by atoms with van der Waals surface area (Å²) in [5, 5.41) is 54.6. The largest absolute Gasteiger partial charge is 0.508 e. The van der Waals surface area contributed by atoms with Crippen LogP contribution in [0, 0.1) is 11.8 Å². The van der Waals surface area contributed by atoms with Crippen LogP contribution in [0.3, 0.4) is 0 Å². The number of hydrogen-bond acceptors (Lipinski definition) is 11. The first-order chi connectivity index (χ1) is 25.6. The molecule has 1 heterocycles. The number of hydrazone groups is 1. The molecule has 14 nitrogen and oxygen atoms in total. The summed E-state index contributed by atoms with van der Waals surface area (Å²) in [5.74, 6) is -0.755. The molecule has 0 saturated carbocycles. The van der Waals surface area contributed by atoms with Gasteiger partial charge in [0, 0.05) is 35.7 Å². The van der Waals surface area contributed by atoms with Crippen molar-refractivity contribution in [3.8, 4) is 23.0 Å². The Bertz CT molecular complexity index is 1790. The molecular weight excluding hydrogens is 686 g/mol. The molecule has 5 rings (SSSR count). The number of hydrogen-bond donors (Lipinski definition) is 6. The molecule has 0 radical (unpaired) electrons. The number of carbonyl (C=O) groups is 3. The summed E-state index contributed by atoms with van der Waals surface area (Å²) in [5.41, 5.74) is 3.46. The van der Waals surface area contributed by atoms with Gasteiger partial charge in [0.1, 0.15) is 11.5 Å². The molecular formula is C39H45N3O11. The zero-order valence-corrected chi connectivity index (χ0v) is 29.6. The Hall–Kier alpha value is -5.70. The van der Waals surface area contributed by atoms with Crippen molar-refractivity contribution < 1.29 is 54.1 Å². The first kappa shape index (κ1) is 40.1. The minimum Gasteiger partial charge on any atom is -0.508 e. The number of unbranched alkanes of at least 4 members (excludes halogenated alkanes) is 1. The molecule has 0 fully saturated rings. The van der Waals surface area contributed by atoms with E-state index < -0.39 is 18.0 Å². The highest BCUT2D eigenvalue weighted by atomic mass is 16.5.